The Morgan fingerprint density at radius 2 is 1.68 bits per heavy atom. The van der Waals surface area contributed by atoms with Gasteiger partial charge < -0.3 is 4.74 Å². The quantitative estimate of drug-likeness (QED) is 0.580. The smallest absolute Gasteiger partial charge is 0.215 e. The second-order valence-corrected chi connectivity index (χ2v) is 6.42. The summed E-state index contributed by atoms with van der Waals surface area (Å²) in [7, 11) is 1.63. The van der Waals surface area contributed by atoms with Crippen LogP contribution in [0.2, 0.25) is 5.15 Å². The number of benzene rings is 2. The van der Waals surface area contributed by atoms with Crippen molar-refractivity contribution in [3.63, 3.8) is 0 Å². The summed E-state index contributed by atoms with van der Waals surface area (Å²) < 4.78 is 5.16. The Hall–Kier alpha value is -2.64. The van der Waals surface area contributed by atoms with Crippen molar-refractivity contribution in [2.24, 2.45) is 0 Å². The number of fused-ring (bicyclic) bond motifs is 1. The van der Waals surface area contributed by atoms with Crippen LogP contribution in [0.3, 0.4) is 0 Å². The Morgan fingerprint density at radius 1 is 0.960 bits per heavy atom. The van der Waals surface area contributed by atoms with Crippen LogP contribution in [0.1, 0.15) is 0 Å². The van der Waals surface area contributed by atoms with Gasteiger partial charge >= 0.3 is 0 Å². The van der Waals surface area contributed by atoms with Gasteiger partial charge in [0.25, 0.3) is 0 Å². The standard InChI is InChI=1S/C17H12ClN5OS/c1-24-11-8-6-10(7-9-11)15-21-17(23-22-15)25-16-14(18)19-12-4-2-3-5-13(12)20-16/h2-9H,1H3,(H,21,22,23). The molecule has 0 aliphatic heterocycles. The van der Waals surface area contributed by atoms with E-state index in [9.17, 15) is 0 Å². The van der Waals surface area contributed by atoms with Crippen LogP contribution in [-0.4, -0.2) is 32.3 Å². The fourth-order valence-electron chi connectivity index (χ4n) is 2.28. The first kappa shape index (κ1) is 15.9. The number of ether oxygens (including phenoxy) is 1. The maximum atomic E-state index is 6.24. The van der Waals surface area contributed by atoms with Gasteiger partial charge in [0.15, 0.2) is 11.0 Å². The van der Waals surface area contributed by atoms with E-state index < -0.39 is 0 Å². The highest BCUT2D eigenvalue weighted by Gasteiger charge is 2.13. The lowest BCUT2D eigenvalue weighted by atomic mass is 10.2. The summed E-state index contributed by atoms with van der Waals surface area (Å²) in [4.78, 5) is 13.4. The van der Waals surface area contributed by atoms with Gasteiger partial charge in [0, 0.05) is 5.56 Å². The Balaban J connectivity index is 1.61. The van der Waals surface area contributed by atoms with Crippen LogP contribution in [0.5, 0.6) is 5.75 Å². The third-order valence-electron chi connectivity index (χ3n) is 3.52. The van der Waals surface area contributed by atoms with Crippen LogP contribution in [0.25, 0.3) is 22.4 Å². The van der Waals surface area contributed by atoms with Gasteiger partial charge in [-0.05, 0) is 48.2 Å². The number of hydrogen-bond donors (Lipinski definition) is 1. The minimum absolute atomic E-state index is 0.333. The Morgan fingerprint density at radius 3 is 2.40 bits per heavy atom. The van der Waals surface area contributed by atoms with Gasteiger partial charge in [-0.2, -0.15) is 0 Å². The molecule has 25 heavy (non-hydrogen) atoms. The largest absolute Gasteiger partial charge is 0.497 e. The van der Waals surface area contributed by atoms with Crippen LogP contribution in [0, 0.1) is 0 Å². The van der Waals surface area contributed by atoms with Crippen LogP contribution < -0.4 is 4.74 Å². The first-order chi connectivity index (χ1) is 12.2. The number of hydrogen-bond acceptors (Lipinski definition) is 6. The molecule has 0 unspecified atom stereocenters. The zero-order valence-electron chi connectivity index (χ0n) is 13.1. The van der Waals surface area contributed by atoms with E-state index in [1.165, 1.54) is 11.8 Å². The van der Waals surface area contributed by atoms with Gasteiger partial charge in [0.2, 0.25) is 5.16 Å². The van der Waals surface area contributed by atoms with Gasteiger partial charge in [-0.1, -0.05) is 23.7 Å². The Bertz CT molecular complexity index is 1030. The molecule has 0 amide bonds. The Kier molecular flexibility index (Phi) is 4.25. The summed E-state index contributed by atoms with van der Waals surface area (Å²) in [5, 5.41) is 8.57. The van der Waals surface area contributed by atoms with E-state index in [2.05, 4.69) is 25.1 Å². The summed E-state index contributed by atoms with van der Waals surface area (Å²) in [5.74, 6) is 1.45. The number of halogens is 1. The lowest BCUT2D eigenvalue weighted by Gasteiger charge is -2.02. The van der Waals surface area contributed by atoms with Gasteiger partial charge in [-0.25, -0.2) is 15.0 Å². The van der Waals surface area contributed by atoms with E-state index in [1.54, 1.807) is 7.11 Å². The summed E-state index contributed by atoms with van der Waals surface area (Å²) in [6, 6.07) is 15.1. The summed E-state index contributed by atoms with van der Waals surface area (Å²) in [5.41, 5.74) is 2.45. The van der Waals surface area contributed by atoms with Crippen molar-refractivity contribution in [3.8, 4) is 17.1 Å². The average Bonchev–Trinajstić information content (AvgIpc) is 3.11. The highest BCUT2D eigenvalue weighted by Crippen LogP contribution is 2.31. The minimum Gasteiger partial charge on any atom is -0.497 e. The number of aromatic nitrogens is 5. The first-order valence-corrected chi connectivity index (χ1v) is 8.59. The summed E-state index contributed by atoms with van der Waals surface area (Å²) in [6.45, 7) is 0. The predicted molar refractivity (Wildman–Crippen MR) is 97.0 cm³/mol. The number of nitrogens with one attached hydrogen (secondary N) is 1. The number of methoxy groups -OCH3 is 1. The van der Waals surface area contributed by atoms with E-state index in [-0.39, 0.29) is 0 Å². The van der Waals surface area contributed by atoms with Gasteiger partial charge in [0.05, 0.1) is 18.1 Å². The van der Waals surface area contributed by atoms with Gasteiger partial charge in [-0.3, -0.25) is 5.10 Å². The van der Waals surface area contributed by atoms with Crippen molar-refractivity contribution >= 4 is 34.4 Å². The summed E-state index contributed by atoms with van der Waals surface area (Å²) in [6.07, 6.45) is 0. The van der Waals surface area contributed by atoms with Crippen molar-refractivity contribution in [2.45, 2.75) is 10.2 Å². The van der Waals surface area contributed by atoms with E-state index in [0.29, 0.717) is 21.2 Å². The molecular formula is C17H12ClN5OS. The molecule has 0 bridgehead atoms. The molecule has 2 aromatic heterocycles. The lowest BCUT2D eigenvalue weighted by Crippen LogP contribution is -1.89. The molecule has 124 valence electrons. The lowest BCUT2D eigenvalue weighted by molar-refractivity contribution is 0.415. The number of para-hydroxylation sites is 2. The molecule has 6 nitrogen and oxygen atoms in total. The highest BCUT2D eigenvalue weighted by atomic mass is 35.5. The van der Waals surface area contributed by atoms with Crippen molar-refractivity contribution in [1.29, 1.82) is 0 Å². The molecule has 1 N–H and O–H groups in total. The monoisotopic (exact) mass is 369 g/mol. The molecular weight excluding hydrogens is 358 g/mol. The van der Waals surface area contributed by atoms with E-state index in [0.717, 1.165) is 22.3 Å². The number of H-pyrrole nitrogens is 1. The van der Waals surface area contributed by atoms with E-state index in [4.69, 9.17) is 16.3 Å². The highest BCUT2D eigenvalue weighted by molar-refractivity contribution is 7.99. The molecule has 0 spiro atoms. The van der Waals surface area contributed by atoms with Crippen molar-refractivity contribution in [2.75, 3.05) is 7.11 Å². The maximum absolute atomic E-state index is 6.24. The molecule has 0 atom stereocenters. The molecule has 4 aromatic rings. The van der Waals surface area contributed by atoms with Crippen LogP contribution in [0.15, 0.2) is 58.7 Å². The SMILES string of the molecule is COc1ccc(-c2nc(Sc3nc4ccccc4nc3Cl)n[nH]2)cc1. The molecule has 0 aliphatic carbocycles. The molecule has 0 aliphatic rings. The normalized spacial score (nSPS) is 11.0. The van der Waals surface area contributed by atoms with Crippen molar-refractivity contribution in [3.05, 3.63) is 53.7 Å². The maximum Gasteiger partial charge on any atom is 0.215 e. The fraction of sp³-hybridized carbons (Fsp3) is 0.0588. The predicted octanol–water partition coefficient (Wildman–Crippen LogP) is 4.23. The van der Waals surface area contributed by atoms with Gasteiger partial charge in [-0.15, -0.1) is 5.10 Å². The van der Waals surface area contributed by atoms with Gasteiger partial charge in [0.1, 0.15) is 10.8 Å². The second kappa shape index (κ2) is 6.70. The van der Waals surface area contributed by atoms with Crippen LogP contribution >= 0.6 is 23.4 Å². The zero-order chi connectivity index (χ0) is 17.2. The molecule has 8 heteroatoms. The fourth-order valence-corrected chi connectivity index (χ4v) is 3.21. The molecule has 2 aromatic carbocycles. The molecule has 0 saturated heterocycles. The third kappa shape index (κ3) is 3.29. The molecule has 0 fully saturated rings. The second-order valence-electron chi connectivity index (χ2n) is 5.11. The number of rotatable bonds is 4. The minimum atomic E-state index is 0.333. The average molecular weight is 370 g/mol. The van der Waals surface area contributed by atoms with E-state index in [1.807, 2.05) is 48.5 Å². The molecule has 4 rings (SSSR count). The van der Waals surface area contributed by atoms with Crippen molar-refractivity contribution < 1.29 is 4.74 Å². The summed E-state index contributed by atoms with van der Waals surface area (Å²) >= 11 is 7.50. The molecule has 0 saturated carbocycles. The Labute approximate surface area is 152 Å². The van der Waals surface area contributed by atoms with Crippen LogP contribution in [-0.2, 0) is 0 Å². The topological polar surface area (TPSA) is 76.6 Å². The number of nitrogens with zero attached hydrogens (tertiary/aromatic N) is 4. The van der Waals surface area contributed by atoms with Crippen molar-refractivity contribution in [1.82, 2.24) is 25.1 Å². The molecule has 0 radical (unpaired) electrons. The van der Waals surface area contributed by atoms with Crippen LogP contribution in [0.4, 0.5) is 0 Å². The van der Waals surface area contributed by atoms with E-state index >= 15 is 0 Å². The first-order valence-electron chi connectivity index (χ1n) is 7.40. The third-order valence-corrected chi connectivity index (χ3v) is 4.73. The number of aromatic amines is 1. The zero-order valence-corrected chi connectivity index (χ0v) is 14.7. The molecule has 2 heterocycles.